The Kier molecular flexibility index (Phi) is 10.7. The highest BCUT2D eigenvalue weighted by molar-refractivity contribution is 5.87. The van der Waals surface area contributed by atoms with E-state index in [1.807, 2.05) is 36.4 Å². The van der Waals surface area contributed by atoms with Crippen molar-refractivity contribution in [1.29, 1.82) is 0 Å². The number of Topliss-reactive ketones (excluding diaryl/α,β-unsaturated/α-hetero) is 1. The monoisotopic (exact) mass is 708 g/mol. The van der Waals surface area contributed by atoms with Crippen LogP contribution < -0.4 is 14.8 Å². The van der Waals surface area contributed by atoms with E-state index in [0.717, 1.165) is 27.6 Å². The van der Waals surface area contributed by atoms with E-state index in [1.165, 1.54) is 26.4 Å². The van der Waals surface area contributed by atoms with Crippen molar-refractivity contribution in [2.45, 2.75) is 62.6 Å². The van der Waals surface area contributed by atoms with Crippen LogP contribution >= 0.6 is 0 Å². The number of aliphatic hydroxyl groups excluding tert-OH is 2. The fourth-order valence-electron chi connectivity index (χ4n) is 7.66. The molecule has 0 aliphatic heterocycles. The molecular weight excluding hydrogens is 664 g/mol. The van der Waals surface area contributed by atoms with Gasteiger partial charge >= 0.3 is 0 Å². The summed E-state index contributed by atoms with van der Waals surface area (Å²) in [5.41, 5.74) is 1.99. The first-order chi connectivity index (χ1) is 25.0. The highest BCUT2D eigenvalue weighted by atomic mass is 16.5. The number of aromatic nitrogens is 1. The SMILES string of the molecule is COc1cc(CC[C@@H](O)[C@H](C(=O)CCc2cc(O)c(O)c(OC)c2)[C@@]2(c3ccnc(Nc4ccc5cc(O)ccc5c4)c3)CC[C@H](O)C2)ccc1O. The Morgan fingerprint density at radius 3 is 2.37 bits per heavy atom. The van der Waals surface area contributed by atoms with Gasteiger partial charge in [-0.15, -0.1) is 0 Å². The molecule has 11 heteroatoms. The van der Waals surface area contributed by atoms with E-state index < -0.39 is 23.5 Å². The number of carbonyl (C=O) groups is 1. The molecule has 1 aliphatic rings. The molecule has 4 aromatic carbocycles. The maximum atomic E-state index is 14.5. The molecule has 0 radical (unpaired) electrons. The molecule has 1 aliphatic carbocycles. The molecule has 272 valence electrons. The van der Waals surface area contributed by atoms with Crippen molar-refractivity contribution in [3.63, 3.8) is 0 Å². The molecule has 1 fully saturated rings. The molecule has 1 saturated carbocycles. The van der Waals surface area contributed by atoms with Gasteiger partial charge in [0.15, 0.2) is 23.0 Å². The average molecular weight is 709 g/mol. The van der Waals surface area contributed by atoms with Crippen molar-refractivity contribution in [3.05, 3.63) is 102 Å². The zero-order valence-electron chi connectivity index (χ0n) is 29.1. The third-order valence-electron chi connectivity index (χ3n) is 10.2. The number of nitrogens with zero attached hydrogens (tertiary/aromatic N) is 1. The summed E-state index contributed by atoms with van der Waals surface area (Å²) in [7, 11) is 2.84. The van der Waals surface area contributed by atoms with Crippen LogP contribution in [-0.2, 0) is 23.1 Å². The van der Waals surface area contributed by atoms with Crippen molar-refractivity contribution < 1.29 is 44.9 Å². The van der Waals surface area contributed by atoms with Crippen LogP contribution in [-0.4, -0.2) is 67.8 Å². The number of methoxy groups -OCH3 is 2. The first-order valence-corrected chi connectivity index (χ1v) is 17.3. The van der Waals surface area contributed by atoms with Crippen molar-refractivity contribution >= 4 is 28.1 Å². The summed E-state index contributed by atoms with van der Waals surface area (Å²) in [6.45, 7) is 0. The minimum atomic E-state index is -1.11. The zero-order chi connectivity index (χ0) is 37.0. The van der Waals surface area contributed by atoms with Crippen LogP contribution in [0.5, 0.6) is 34.5 Å². The lowest BCUT2D eigenvalue weighted by Crippen LogP contribution is -2.46. The average Bonchev–Trinajstić information content (AvgIpc) is 3.53. The van der Waals surface area contributed by atoms with Gasteiger partial charge in [0, 0.05) is 23.7 Å². The normalized spacial score (nSPS) is 18.2. The lowest BCUT2D eigenvalue weighted by molar-refractivity contribution is -0.130. The first kappa shape index (κ1) is 36.3. The van der Waals surface area contributed by atoms with E-state index in [2.05, 4.69) is 10.3 Å². The summed E-state index contributed by atoms with van der Waals surface area (Å²) in [6.07, 6.45) is 1.85. The van der Waals surface area contributed by atoms with Crippen LogP contribution in [0.1, 0.15) is 48.8 Å². The Morgan fingerprint density at radius 1 is 0.865 bits per heavy atom. The lowest BCUT2D eigenvalue weighted by atomic mass is 9.64. The molecule has 1 aromatic heterocycles. The van der Waals surface area contributed by atoms with Crippen LogP contribution in [0, 0.1) is 5.92 Å². The van der Waals surface area contributed by atoms with Gasteiger partial charge in [0.2, 0.25) is 5.75 Å². The first-order valence-electron chi connectivity index (χ1n) is 17.3. The molecule has 0 saturated heterocycles. The lowest BCUT2D eigenvalue weighted by Gasteiger charge is -2.40. The van der Waals surface area contributed by atoms with Gasteiger partial charge in [0.1, 0.15) is 17.4 Å². The molecule has 1 heterocycles. The largest absolute Gasteiger partial charge is 0.508 e. The summed E-state index contributed by atoms with van der Waals surface area (Å²) in [4.78, 5) is 19.1. The van der Waals surface area contributed by atoms with Gasteiger partial charge in [-0.05, 0) is 127 Å². The quantitative estimate of drug-likeness (QED) is 0.0633. The molecule has 6 rings (SSSR count). The van der Waals surface area contributed by atoms with Crippen LogP contribution in [0.3, 0.4) is 0 Å². The molecule has 0 unspecified atom stereocenters. The maximum Gasteiger partial charge on any atom is 0.200 e. The van der Waals surface area contributed by atoms with Gasteiger partial charge in [0.25, 0.3) is 0 Å². The zero-order valence-corrected chi connectivity index (χ0v) is 29.1. The fourth-order valence-corrected chi connectivity index (χ4v) is 7.66. The van der Waals surface area contributed by atoms with E-state index in [1.54, 1.807) is 36.5 Å². The molecule has 0 spiro atoms. The van der Waals surface area contributed by atoms with E-state index in [9.17, 15) is 35.4 Å². The fraction of sp³-hybridized carbons (Fsp3) is 0.317. The molecule has 11 nitrogen and oxygen atoms in total. The predicted molar refractivity (Wildman–Crippen MR) is 197 cm³/mol. The maximum absolute atomic E-state index is 14.5. The molecule has 7 N–H and O–H groups in total. The number of aromatic hydroxyl groups is 4. The van der Waals surface area contributed by atoms with E-state index in [0.29, 0.717) is 36.4 Å². The number of ketones is 1. The number of aryl methyl sites for hydroxylation is 2. The number of hydrogen-bond acceptors (Lipinski definition) is 11. The van der Waals surface area contributed by atoms with Crippen molar-refractivity contribution in [1.82, 2.24) is 4.98 Å². The van der Waals surface area contributed by atoms with E-state index in [-0.39, 0.29) is 60.2 Å². The summed E-state index contributed by atoms with van der Waals surface area (Å²) in [5.74, 6) is -0.771. The number of aliphatic hydroxyl groups is 2. The number of phenolic OH excluding ortho intramolecular Hbond substituents is 4. The molecule has 5 aromatic rings. The number of ether oxygens (including phenoxy) is 2. The molecule has 0 amide bonds. The third kappa shape index (κ3) is 7.70. The molecule has 0 bridgehead atoms. The second-order valence-electron chi connectivity index (χ2n) is 13.6. The molecular formula is C41H44N2O9. The van der Waals surface area contributed by atoms with Crippen LogP contribution in [0.15, 0.2) is 85.1 Å². The van der Waals surface area contributed by atoms with Crippen LogP contribution in [0.4, 0.5) is 11.5 Å². The number of rotatable bonds is 14. The number of anilines is 2. The number of phenols is 4. The Morgan fingerprint density at radius 2 is 1.62 bits per heavy atom. The second-order valence-corrected chi connectivity index (χ2v) is 13.6. The second kappa shape index (κ2) is 15.4. The predicted octanol–water partition coefficient (Wildman–Crippen LogP) is 6.41. The van der Waals surface area contributed by atoms with Gasteiger partial charge in [-0.25, -0.2) is 4.98 Å². The van der Waals surface area contributed by atoms with Crippen LogP contribution in [0.25, 0.3) is 10.8 Å². The van der Waals surface area contributed by atoms with E-state index >= 15 is 0 Å². The van der Waals surface area contributed by atoms with Gasteiger partial charge in [-0.2, -0.15) is 0 Å². The van der Waals surface area contributed by atoms with Crippen molar-refractivity contribution in [2.75, 3.05) is 19.5 Å². The Labute approximate surface area is 301 Å². The summed E-state index contributed by atoms with van der Waals surface area (Å²) in [6, 6.07) is 22.5. The number of hydrogen-bond donors (Lipinski definition) is 7. The Bertz CT molecular complexity index is 2070. The minimum absolute atomic E-state index is 0.000680. The number of benzene rings is 4. The minimum Gasteiger partial charge on any atom is -0.508 e. The summed E-state index contributed by atoms with van der Waals surface area (Å²) < 4.78 is 10.5. The van der Waals surface area contributed by atoms with Gasteiger partial charge in [0.05, 0.1) is 32.3 Å². The van der Waals surface area contributed by atoms with E-state index in [4.69, 9.17) is 9.47 Å². The number of carbonyl (C=O) groups excluding carboxylic acids is 1. The number of fused-ring (bicyclic) bond motifs is 1. The van der Waals surface area contributed by atoms with Gasteiger partial charge < -0.3 is 45.4 Å². The van der Waals surface area contributed by atoms with Crippen LogP contribution in [0.2, 0.25) is 0 Å². The third-order valence-corrected chi connectivity index (χ3v) is 10.2. The Hall–Kier alpha value is -5.52. The summed E-state index contributed by atoms with van der Waals surface area (Å²) >= 11 is 0. The topological polar surface area (TPSA) is 182 Å². The highest BCUT2D eigenvalue weighted by Crippen LogP contribution is 2.50. The van der Waals surface area contributed by atoms with Crippen molar-refractivity contribution in [2.24, 2.45) is 5.92 Å². The number of pyridine rings is 1. The Balaban J connectivity index is 1.33. The standard InChI is InChI=1S/C41H44N2O9/c1-51-36-18-24(3-10-32(36)46)4-11-33(47)39(34(48)12-5-25-17-35(49)40(50)37(19-25)52-2)41(15-13-31(45)23-41)28-14-16-42-38(22-28)43-29-8-6-27-21-30(44)9-7-26(27)20-29/h3,6-10,14,16-22,31,33,39,44-47,49-50H,4-5,11-13,15,23H2,1-2H3,(H,42,43)/t31-,33+,39+,41-/m0/s1. The van der Waals surface area contributed by atoms with Gasteiger partial charge in [-0.3, -0.25) is 4.79 Å². The van der Waals surface area contributed by atoms with Crippen molar-refractivity contribution in [3.8, 4) is 34.5 Å². The smallest absolute Gasteiger partial charge is 0.200 e. The molecule has 52 heavy (non-hydrogen) atoms. The molecule has 4 atom stereocenters. The van der Waals surface area contributed by atoms with Gasteiger partial charge in [-0.1, -0.05) is 18.2 Å². The highest BCUT2D eigenvalue weighted by Gasteiger charge is 2.51. The number of nitrogens with one attached hydrogen (secondary N) is 1. The summed E-state index contributed by atoms with van der Waals surface area (Å²) in [5, 5.41) is 68.6.